The first-order valence-electron chi connectivity index (χ1n) is 13.8. The third-order valence-electron chi connectivity index (χ3n) is 6.78. The topological polar surface area (TPSA) is 269 Å². The van der Waals surface area contributed by atoms with E-state index in [1.54, 1.807) is 13.8 Å². The first-order chi connectivity index (χ1) is 19.4. The van der Waals surface area contributed by atoms with Gasteiger partial charge >= 0.3 is 11.9 Å². The zero-order valence-corrected chi connectivity index (χ0v) is 23.6. The summed E-state index contributed by atoms with van der Waals surface area (Å²) >= 11 is 0. The fourth-order valence-electron chi connectivity index (χ4n) is 4.14. The number of nitrogens with two attached hydrogens (primary N) is 2. The molecule has 0 unspecified atom stereocenters. The highest BCUT2D eigenvalue weighted by atomic mass is 16.4. The molecule has 0 spiro atoms. The molecule has 16 nitrogen and oxygen atoms in total. The molecule has 16 heteroatoms. The molecule has 1 heterocycles. The van der Waals surface area contributed by atoms with Crippen molar-refractivity contribution in [1.29, 1.82) is 0 Å². The molecule has 0 aromatic heterocycles. The van der Waals surface area contributed by atoms with E-state index in [1.807, 2.05) is 0 Å². The summed E-state index contributed by atoms with van der Waals surface area (Å²) in [6.45, 7) is 3.78. The lowest BCUT2D eigenvalue weighted by Gasteiger charge is -2.28. The molecule has 0 radical (unpaired) electrons. The van der Waals surface area contributed by atoms with Gasteiger partial charge in [0.25, 0.3) is 0 Å². The minimum atomic E-state index is -1.39. The molecule has 1 aliphatic rings. The maximum Gasteiger partial charge on any atom is 0.338 e. The van der Waals surface area contributed by atoms with E-state index < -0.39 is 78.8 Å². The van der Waals surface area contributed by atoms with Crippen molar-refractivity contribution in [2.45, 2.75) is 89.0 Å². The number of amides is 4. The molecule has 232 valence electrons. The molecule has 12 N–H and O–H groups in total. The summed E-state index contributed by atoms with van der Waals surface area (Å²) < 4.78 is 0. The molecular formula is C25H45N8O8+. The van der Waals surface area contributed by atoms with E-state index in [0.717, 1.165) is 6.42 Å². The fourth-order valence-corrected chi connectivity index (χ4v) is 4.14. The highest BCUT2D eigenvalue weighted by Crippen LogP contribution is 2.11. The van der Waals surface area contributed by atoms with Gasteiger partial charge in [-0.05, 0) is 44.6 Å². The van der Waals surface area contributed by atoms with Crippen LogP contribution in [-0.2, 0) is 28.8 Å². The Morgan fingerprint density at radius 2 is 1.71 bits per heavy atom. The van der Waals surface area contributed by atoms with Crippen molar-refractivity contribution in [2.24, 2.45) is 17.4 Å². The molecule has 41 heavy (non-hydrogen) atoms. The number of carbonyl (C=O) groups is 6. The van der Waals surface area contributed by atoms with Crippen LogP contribution in [0.25, 0.3) is 0 Å². The van der Waals surface area contributed by atoms with E-state index in [1.165, 1.54) is 0 Å². The van der Waals surface area contributed by atoms with Gasteiger partial charge in [-0.2, -0.15) is 0 Å². The van der Waals surface area contributed by atoms with Crippen molar-refractivity contribution in [3.8, 4) is 0 Å². The van der Waals surface area contributed by atoms with Gasteiger partial charge in [0, 0.05) is 6.42 Å². The molecule has 0 aromatic rings. The predicted molar refractivity (Wildman–Crippen MR) is 147 cm³/mol. The molecule has 6 atom stereocenters. The standard InChI is InChI=1S/C25H44N8O8/c1-3-14(2)20(24(41)30-15(12-34)6-4-11-29-25(26)27)33-22(39)17(8-9-19(36)37)31-23(40)18(13-35)32-21(38)16-7-5-10-28-16/h12,14-18,20,28,35H,3-11,13H2,1-2H3,(H,30,41)(H,31,40)(H,32,38)(H,33,39)(H,36,37)(H4,26,27,29)/p+1/t14-,15+,16-,17+,18+,20-/m0/s1. The SMILES string of the molecule is CC[C@H](C)[C@H](NC(=O)[C@@H](CCC(=O)O)NC(=O)[C@@H](CO)NC(=O)[C@@H]1CCCN1)C(=O)N[C@@H](C=O)CCC[NH+]=C(N)N. The second-order valence-electron chi connectivity index (χ2n) is 10.0. The van der Waals surface area contributed by atoms with Gasteiger partial charge in [-0.1, -0.05) is 20.3 Å². The Morgan fingerprint density at radius 1 is 1.02 bits per heavy atom. The number of aliphatic hydroxyl groups is 1. The smallest absolute Gasteiger partial charge is 0.338 e. The van der Waals surface area contributed by atoms with Gasteiger partial charge in [-0.15, -0.1) is 0 Å². The van der Waals surface area contributed by atoms with Gasteiger partial charge in [0.2, 0.25) is 23.6 Å². The number of carboxylic acid groups (broad SMARTS) is 1. The quantitative estimate of drug-likeness (QED) is 0.0296. The Hall–Kier alpha value is -3.79. The third-order valence-corrected chi connectivity index (χ3v) is 6.78. The maximum absolute atomic E-state index is 13.2. The van der Waals surface area contributed by atoms with Gasteiger partial charge in [0.05, 0.1) is 25.2 Å². The van der Waals surface area contributed by atoms with E-state index in [-0.39, 0.29) is 18.8 Å². The molecule has 0 aromatic carbocycles. The van der Waals surface area contributed by atoms with Crippen molar-refractivity contribution in [3.05, 3.63) is 0 Å². The van der Waals surface area contributed by atoms with E-state index in [0.29, 0.717) is 38.6 Å². The van der Waals surface area contributed by atoms with Gasteiger partial charge < -0.3 is 41.6 Å². The number of aliphatic hydroxyl groups excluding tert-OH is 1. The number of aldehydes is 1. The van der Waals surface area contributed by atoms with Crippen molar-refractivity contribution in [1.82, 2.24) is 26.6 Å². The number of nitrogens with one attached hydrogen (secondary N) is 6. The number of rotatable bonds is 19. The van der Waals surface area contributed by atoms with E-state index in [9.17, 15) is 33.9 Å². The second kappa shape index (κ2) is 18.5. The van der Waals surface area contributed by atoms with E-state index in [2.05, 4.69) is 31.6 Å². The van der Waals surface area contributed by atoms with Crippen molar-refractivity contribution < 1.29 is 44.0 Å². The number of hydrogen-bond donors (Lipinski definition) is 10. The first-order valence-corrected chi connectivity index (χ1v) is 13.8. The van der Waals surface area contributed by atoms with E-state index in [4.69, 9.17) is 16.6 Å². The average Bonchev–Trinajstić information content (AvgIpc) is 3.48. The number of carbonyl (C=O) groups excluding carboxylic acids is 5. The van der Waals surface area contributed by atoms with Crippen LogP contribution >= 0.6 is 0 Å². The number of hydrogen-bond acceptors (Lipinski definition) is 8. The Labute approximate surface area is 238 Å². The molecule has 0 saturated carbocycles. The summed E-state index contributed by atoms with van der Waals surface area (Å²) in [6.07, 6.45) is 2.34. The van der Waals surface area contributed by atoms with Gasteiger partial charge in [0.15, 0.2) is 0 Å². The van der Waals surface area contributed by atoms with Gasteiger partial charge in [-0.25, -0.2) is 0 Å². The molecule has 1 saturated heterocycles. The number of aliphatic carboxylic acids is 1. The summed E-state index contributed by atoms with van der Waals surface area (Å²) in [6, 6.07) is -5.24. The normalized spacial score (nSPS) is 18.1. The lowest BCUT2D eigenvalue weighted by Crippen LogP contribution is -2.78. The lowest BCUT2D eigenvalue weighted by atomic mass is 9.97. The van der Waals surface area contributed by atoms with Crippen LogP contribution in [0.5, 0.6) is 0 Å². The Morgan fingerprint density at radius 3 is 2.24 bits per heavy atom. The van der Waals surface area contributed by atoms with Crippen LogP contribution in [0, 0.1) is 5.92 Å². The molecule has 1 fully saturated rings. The van der Waals surface area contributed by atoms with Gasteiger partial charge in [0.1, 0.15) is 24.4 Å². The molecular weight excluding hydrogens is 540 g/mol. The maximum atomic E-state index is 13.2. The van der Waals surface area contributed by atoms with Crippen LogP contribution in [0.15, 0.2) is 0 Å². The first kappa shape index (κ1) is 35.2. The summed E-state index contributed by atoms with van der Waals surface area (Å²) in [4.78, 5) is 77.1. The second-order valence-corrected chi connectivity index (χ2v) is 10.0. The van der Waals surface area contributed by atoms with Gasteiger partial charge in [-0.3, -0.25) is 40.4 Å². The summed E-state index contributed by atoms with van der Waals surface area (Å²) in [5.41, 5.74) is 10.7. The highest BCUT2D eigenvalue weighted by molar-refractivity contribution is 5.95. The molecule has 1 aliphatic heterocycles. The van der Waals surface area contributed by atoms with Crippen LogP contribution in [-0.4, -0.2) is 102 Å². The molecule has 4 amide bonds. The monoisotopic (exact) mass is 585 g/mol. The lowest BCUT2D eigenvalue weighted by molar-refractivity contribution is -0.459. The minimum Gasteiger partial charge on any atom is -0.481 e. The average molecular weight is 586 g/mol. The predicted octanol–water partition coefficient (Wildman–Crippen LogP) is -5.09. The Balaban J connectivity index is 2.96. The van der Waals surface area contributed by atoms with Crippen molar-refractivity contribution >= 4 is 41.8 Å². The van der Waals surface area contributed by atoms with Crippen LogP contribution in [0.4, 0.5) is 0 Å². The molecule has 1 rings (SSSR count). The molecule has 0 aliphatic carbocycles. The van der Waals surface area contributed by atoms with Crippen LogP contribution in [0.1, 0.15) is 58.8 Å². The van der Waals surface area contributed by atoms with Crippen LogP contribution in [0.3, 0.4) is 0 Å². The third kappa shape index (κ3) is 12.9. The summed E-state index contributed by atoms with van der Waals surface area (Å²) in [7, 11) is 0. The Kier molecular flexibility index (Phi) is 15.9. The minimum absolute atomic E-state index is 0.0271. The number of carboxylic acids is 1. The summed E-state index contributed by atoms with van der Waals surface area (Å²) in [5.74, 6) is -4.42. The largest absolute Gasteiger partial charge is 0.481 e. The fraction of sp³-hybridized carbons (Fsp3) is 0.720. The van der Waals surface area contributed by atoms with Crippen LogP contribution in [0.2, 0.25) is 0 Å². The van der Waals surface area contributed by atoms with Crippen LogP contribution < -0.4 is 43.0 Å². The van der Waals surface area contributed by atoms with E-state index >= 15 is 0 Å². The zero-order valence-electron chi connectivity index (χ0n) is 23.6. The van der Waals surface area contributed by atoms with Crippen molar-refractivity contribution in [3.63, 3.8) is 0 Å². The zero-order chi connectivity index (χ0) is 30.9. The van der Waals surface area contributed by atoms with Crippen molar-refractivity contribution in [2.75, 3.05) is 19.7 Å². The Bertz CT molecular complexity index is 937. The number of guanidine groups is 1. The highest BCUT2D eigenvalue weighted by Gasteiger charge is 2.33. The summed E-state index contributed by atoms with van der Waals surface area (Å²) in [5, 5.41) is 31.8. The molecule has 0 bridgehead atoms.